The van der Waals surface area contributed by atoms with Gasteiger partial charge in [-0.05, 0) is 37.1 Å². The Labute approximate surface area is 152 Å². The summed E-state index contributed by atoms with van der Waals surface area (Å²) >= 11 is 0. The molecule has 1 aromatic carbocycles. The molecule has 8 heteroatoms. The summed E-state index contributed by atoms with van der Waals surface area (Å²) in [4.78, 5) is 18.6. The van der Waals surface area contributed by atoms with Crippen molar-refractivity contribution in [2.45, 2.75) is 25.7 Å². The number of piperidine rings is 1. The van der Waals surface area contributed by atoms with Crippen molar-refractivity contribution in [1.82, 2.24) is 15.0 Å². The fourth-order valence-electron chi connectivity index (χ4n) is 2.91. The molecule has 0 saturated carbocycles. The molecule has 2 unspecified atom stereocenters. The number of nitrogens with zero attached hydrogens (tertiary/aromatic N) is 3. The van der Waals surface area contributed by atoms with Crippen LogP contribution in [0.3, 0.4) is 0 Å². The molecular weight excluding hydrogens is 347 g/mol. The van der Waals surface area contributed by atoms with Crippen LogP contribution in [-0.2, 0) is 4.79 Å². The van der Waals surface area contributed by atoms with Crippen LogP contribution in [0.25, 0.3) is 11.4 Å². The zero-order chi connectivity index (χ0) is 17.1. The summed E-state index contributed by atoms with van der Waals surface area (Å²) < 4.78 is 18.4. The summed E-state index contributed by atoms with van der Waals surface area (Å²) in [5.74, 6) is 0.560. The van der Waals surface area contributed by atoms with E-state index in [1.54, 1.807) is 12.1 Å². The largest absolute Gasteiger partial charge is 0.342 e. The molecule has 2 aromatic rings. The van der Waals surface area contributed by atoms with Gasteiger partial charge in [-0.15, -0.1) is 12.4 Å². The van der Waals surface area contributed by atoms with Gasteiger partial charge in [0.1, 0.15) is 5.82 Å². The number of aromatic nitrogens is 2. The number of rotatable bonds is 4. The third kappa shape index (κ3) is 4.35. The first-order valence-corrected chi connectivity index (χ1v) is 8.17. The molecule has 0 aliphatic carbocycles. The molecule has 25 heavy (non-hydrogen) atoms. The second-order valence-corrected chi connectivity index (χ2v) is 6.22. The molecule has 2 N–H and O–H groups in total. The van der Waals surface area contributed by atoms with Crippen molar-refractivity contribution in [1.29, 1.82) is 0 Å². The molecule has 6 nitrogen and oxygen atoms in total. The van der Waals surface area contributed by atoms with Gasteiger partial charge in [0.05, 0.1) is 5.92 Å². The predicted molar refractivity (Wildman–Crippen MR) is 93.7 cm³/mol. The molecular formula is C17H22ClFN4O2. The predicted octanol–water partition coefficient (Wildman–Crippen LogP) is 2.60. The van der Waals surface area contributed by atoms with Crippen LogP contribution < -0.4 is 5.73 Å². The minimum Gasteiger partial charge on any atom is -0.342 e. The van der Waals surface area contributed by atoms with E-state index in [1.165, 1.54) is 12.1 Å². The lowest BCUT2D eigenvalue weighted by Gasteiger charge is -2.32. The Bertz CT molecular complexity index is 707. The Hall–Kier alpha value is -1.99. The van der Waals surface area contributed by atoms with E-state index in [0.717, 1.165) is 19.4 Å². The number of carbonyl (C=O) groups excluding carboxylic acids is 1. The zero-order valence-electron chi connectivity index (χ0n) is 14.0. The number of hydrogen-bond donors (Lipinski definition) is 1. The highest BCUT2D eigenvalue weighted by molar-refractivity contribution is 5.85. The van der Waals surface area contributed by atoms with Gasteiger partial charge >= 0.3 is 0 Å². The molecule has 136 valence electrons. The highest BCUT2D eigenvalue weighted by Gasteiger charge is 2.30. The molecule has 2 heterocycles. The number of likely N-dealkylation sites (tertiary alicyclic amines) is 1. The SMILES string of the molecule is CC(CN)C(=O)N1CCCC(c2nc(-c3ccc(F)cc3)no2)C1.Cl. The Morgan fingerprint density at radius 2 is 2.16 bits per heavy atom. The van der Waals surface area contributed by atoms with E-state index < -0.39 is 0 Å². The first-order chi connectivity index (χ1) is 11.6. The molecule has 1 aromatic heterocycles. The highest BCUT2D eigenvalue weighted by atomic mass is 35.5. The second kappa shape index (κ2) is 8.40. The van der Waals surface area contributed by atoms with E-state index in [0.29, 0.717) is 30.4 Å². The third-order valence-corrected chi connectivity index (χ3v) is 4.40. The number of amides is 1. The lowest BCUT2D eigenvalue weighted by molar-refractivity contribution is -0.136. The van der Waals surface area contributed by atoms with Crippen molar-refractivity contribution >= 4 is 18.3 Å². The Balaban J connectivity index is 0.00000225. The summed E-state index contributed by atoms with van der Waals surface area (Å²) in [7, 11) is 0. The van der Waals surface area contributed by atoms with Crippen molar-refractivity contribution in [2.24, 2.45) is 11.7 Å². The molecule has 0 spiro atoms. The van der Waals surface area contributed by atoms with Gasteiger partial charge in [-0.3, -0.25) is 4.79 Å². The van der Waals surface area contributed by atoms with Gasteiger partial charge in [-0.1, -0.05) is 12.1 Å². The molecule has 1 aliphatic heterocycles. The number of hydrogen-bond acceptors (Lipinski definition) is 5. The Morgan fingerprint density at radius 3 is 2.84 bits per heavy atom. The van der Waals surface area contributed by atoms with E-state index >= 15 is 0 Å². The molecule has 1 fully saturated rings. The summed E-state index contributed by atoms with van der Waals surface area (Å²) in [6, 6.07) is 5.95. The van der Waals surface area contributed by atoms with Gasteiger partial charge in [0.2, 0.25) is 17.6 Å². The lowest BCUT2D eigenvalue weighted by Crippen LogP contribution is -2.43. The van der Waals surface area contributed by atoms with Gasteiger partial charge in [0.25, 0.3) is 0 Å². The first kappa shape index (κ1) is 19.3. The van der Waals surface area contributed by atoms with E-state index in [9.17, 15) is 9.18 Å². The topological polar surface area (TPSA) is 85.3 Å². The normalized spacial score (nSPS) is 18.5. The first-order valence-electron chi connectivity index (χ1n) is 8.17. The third-order valence-electron chi connectivity index (χ3n) is 4.40. The maximum absolute atomic E-state index is 13.0. The van der Waals surface area contributed by atoms with E-state index in [1.807, 2.05) is 11.8 Å². The van der Waals surface area contributed by atoms with Gasteiger partial charge in [0.15, 0.2) is 0 Å². The minimum atomic E-state index is -0.307. The van der Waals surface area contributed by atoms with Crippen molar-refractivity contribution in [2.75, 3.05) is 19.6 Å². The average Bonchev–Trinajstić information content (AvgIpc) is 3.11. The molecule has 0 bridgehead atoms. The van der Waals surface area contributed by atoms with Crippen molar-refractivity contribution in [3.8, 4) is 11.4 Å². The van der Waals surface area contributed by atoms with Crippen LogP contribution in [0.4, 0.5) is 4.39 Å². The van der Waals surface area contributed by atoms with Crippen LogP contribution in [-0.4, -0.2) is 40.6 Å². The van der Waals surface area contributed by atoms with Gasteiger partial charge < -0.3 is 15.2 Å². The quantitative estimate of drug-likeness (QED) is 0.896. The highest BCUT2D eigenvalue weighted by Crippen LogP contribution is 2.28. The smallest absolute Gasteiger partial charge is 0.231 e. The van der Waals surface area contributed by atoms with Crippen molar-refractivity contribution < 1.29 is 13.7 Å². The van der Waals surface area contributed by atoms with E-state index in [-0.39, 0.29) is 36.0 Å². The molecule has 0 radical (unpaired) electrons. The van der Waals surface area contributed by atoms with E-state index in [4.69, 9.17) is 10.3 Å². The molecule has 1 aliphatic rings. The number of halogens is 2. The number of nitrogens with two attached hydrogens (primary N) is 1. The lowest BCUT2D eigenvalue weighted by atomic mass is 9.96. The standard InChI is InChI=1S/C17H21FN4O2.ClH/c1-11(9-19)17(23)22-8-2-3-13(10-22)16-20-15(21-24-16)12-4-6-14(18)7-5-12;/h4-7,11,13H,2-3,8-10,19H2,1H3;1H. The monoisotopic (exact) mass is 368 g/mol. The zero-order valence-corrected chi connectivity index (χ0v) is 14.8. The van der Waals surface area contributed by atoms with Gasteiger partial charge in [0, 0.05) is 31.1 Å². The van der Waals surface area contributed by atoms with E-state index in [2.05, 4.69) is 10.1 Å². The number of carbonyl (C=O) groups is 1. The van der Waals surface area contributed by atoms with Gasteiger partial charge in [-0.2, -0.15) is 4.98 Å². The Morgan fingerprint density at radius 1 is 1.44 bits per heavy atom. The van der Waals surface area contributed by atoms with Crippen LogP contribution in [0, 0.1) is 11.7 Å². The van der Waals surface area contributed by atoms with Gasteiger partial charge in [-0.25, -0.2) is 4.39 Å². The fourth-order valence-corrected chi connectivity index (χ4v) is 2.91. The molecule has 1 saturated heterocycles. The minimum absolute atomic E-state index is 0. The molecule has 2 atom stereocenters. The molecule has 1 amide bonds. The van der Waals surface area contributed by atoms with Crippen molar-refractivity contribution in [3.05, 3.63) is 36.0 Å². The molecule has 3 rings (SSSR count). The van der Waals surface area contributed by atoms with Crippen LogP contribution >= 0.6 is 12.4 Å². The van der Waals surface area contributed by atoms with Crippen LogP contribution in [0.15, 0.2) is 28.8 Å². The summed E-state index contributed by atoms with van der Waals surface area (Å²) in [5.41, 5.74) is 6.29. The summed E-state index contributed by atoms with van der Waals surface area (Å²) in [6.07, 6.45) is 1.79. The summed E-state index contributed by atoms with van der Waals surface area (Å²) in [6.45, 7) is 3.48. The number of benzene rings is 1. The Kier molecular flexibility index (Phi) is 6.50. The van der Waals surface area contributed by atoms with Crippen LogP contribution in [0.1, 0.15) is 31.6 Å². The van der Waals surface area contributed by atoms with Crippen LogP contribution in [0.5, 0.6) is 0 Å². The van der Waals surface area contributed by atoms with Crippen LogP contribution in [0.2, 0.25) is 0 Å². The summed E-state index contributed by atoms with van der Waals surface area (Å²) in [5, 5.41) is 3.98. The second-order valence-electron chi connectivity index (χ2n) is 6.22. The van der Waals surface area contributed by atoms with Crippen molar-refractivity contribution in [3.63, 3.8) is 0 Å². The maximum atomic E-state index is 13.0. The average molecular weight is 369 g/mol. The maximum Gasteiger partial charge on any atom is 0.231 e. The fraction of sp³-hybridized carbons (Fsp3) is 0.471.